The number of ether oxygens (including phenoxy) is 2. The van der Waals surface area contributed by atoms with Crippen LogP contribution in [0.4, 0.5) is 10.5 Å². The monoisotopic (exact) mass is 302 g/mol. The third-order valence-electron chi connectivity index (χ3n) is 3.44. The molecule has 2 aromatic rings. The normalized spacial score (nSPS) is 15.6. The predicted molar refractivity (Wildman–Crippen MR) is 74.7 cm³/mol. The molecule has 114 valence electrons. The first-order valence-corrected chi connectivity index (χ1v) is 7.05. The zero-order valence-corrected chi connectivity index (χ0v) is 11.7. The molecule has 2 aliphatic rings. The van der Waals surface area contributed by atoms with E-state index in [9.17, 15) is 4.79 Å². The van der Waals surface area contributed by atoms with Gasteiger partial charge in [0.2, 0.25) is 18.6 Å². The number of carbonyl (C=O) groups excluding carboxylic acids is 1. The first kappa shape index (κ1) is 12.9. The molecule has 2 amide bonds. The number of urea groups is 1. The summed E-state index contributed by atoms with van der Waals surface area (Å²) in [6, 6.07) is 4.84. The zero-order chi connectivity index (χ0) is 14.9. The van der Waals surface area contributed by atoms with Crippen LogP contribution in [0.3, 0.4) is 0 Å². The number of amides is 2. The fourth-order valence-corrected chi connectivity index (χ4v) is 2.14. The maximum atomic E-state index is 11.9. The van der Waals surface area contributed by atoms with Gasteiger partial charge in [0, 0.05) is 17.7 Å². The van der Waals surface area contributed by atoms with Crippen molar-refractivity contribution in [2.24, 2.45) is 0 Å². The molecule has 0 bridgehead atoms. The molecule has 4 rings (SSSR count). The number of aromatic nitrogens is 2. The van der Waals surface area contributed by atoms with E-state index < -0.39 is 0 Å². The van der Waals surface area contributed by atoms with E-state index in [-0.39, 0.29) is 19.4 Å². The van der Waals surface area contributed by atoms with Crippen LogP contribution in [0.5, 0.6) is 11.5 Å². The van der Waals surface area contributed by atoms with Crippen LogP contribution in [0.1, 0.15) is 30.5 Å². The third-order valence-corrected chi connectivity index (χ3v) is 3.44. The summed E-state index contributed by atoms with van der Waals surface area (Å²) in [5.41, 5.74) is 0.617. The highest BCUT2D eigenvalue weighted by atomic mass is 16.7. The Morgan fingerprint density at radius 3 is 2.95 bits per heavy atom. The van der Waals surface area contributed by atoms with Gasteiger partial charge in [0.1, 0.15) is 0 Å². The number of hydrogen-bond acceptors (Lipinski definition) is 6. The Kier molecular flexibility index (Phi) is 3.06. The summed E-state index contributed by atoms with van der Waals surface area (Å²) >= 11 is 0. The van der Waals surface area contributed by atoms with Gasteiger partial charge in [-0.15, -0.1) is 10.2 Å². The molecule has 2 heterocycles. The topological polar surface area (TPSA) is 98.5 Å². The van der Waals surface area contributed by atoms with Gasteiger partial charge in [-0.1, -0.05) is 0 Å². The van der Waals surface area contributed by atoms with E-state index in [2.05, 4.69) is 20.8 Å². The van der Waals surface area contributed by atoms with Crippen molar-refractivity contribution in [3.05, 3.63) is 30.0 Å². The largest absolute Gasteiger partial charge is 0.454 e. The molecule has 8 nitrogen and oxygen atoms in total. The number of anilines is 1. The minimum absolute atomic E-state index is 0.191. The van der Waals surface area contributed by atoms with Crippen LogP contribution in [-0.2, 0) is 6.54 Å². The summed E-state index contributed by atoms with van der Waals surface area (Å²) in [5.74, 6) is 2.76. The van der Waals surface area contributed by atoms with Crippen molar-refractivity contribution < 1.29 is 18.7 Å². The minimum Gasteiger partial charge on any atom is -0.454 e. The molecule has 1 fully saturated rings. The van der Waals surface area contributed by atoms with E-state index in [1.165, 1.54) is 0 Å². The molecule has 1 saturated carbocycles. The summed E-state index contributed by atoms with van der Waals surface area (Å²) in [6.07, 6.45) is 2.19. The van der Waals surface area contributed by atoms with Crippen LogP contribution in [-0.4, -0.2) is 23.0 Å². The van der Waals surface area contributed by atoms with Gasteiger partial charge >= 0.3 is 6.03 Å². The van der Waals surface area contributed by atoms with Gasteiger partial charge in [0.25, 0.3) is 0 Å². The zero-order valence-electron chi connectivity index (χ0n) is 11.7. The van der Waals surface area contributed by atoms with E-state index >= 15 is 0 Å². The summed E-state index contributed by atoms with van der Waals surface area (Å²) < 4.78 is 15.9. The van der Waals surface area contributed by atoms with Crippen molar-refractivity contribution in [3.63, 3.8) is 0 Å². The second kappa shape index (κ2) is 5.21. The Balaban J connectivity index is 1.32. The maximum absolute atomic E-state index is 11.9. The Hall–Kier alpha value is -2.77. The van der Waals surface area contributed by atoms with E-state index in [1.807, 2.05) is 0 Å². The molecule has 2 N–H and O–H groups in total. The molecule has 1 aliphatic carbocycles. The summed E-state index contributed by atoms with van der Waals surface area (Å²) in [4.78, 5) is 11.9. The Morgan fingerprint density at radius 2 is 2.09 bits per heavy atom. The van der Waals surface area contributed by atoms with Crippen LogP contribution in [0.25, 0.3) is 0 Å². The van der Waals surface area contributed by atoms with Crippen LogP contribution >= 0.6 is 0 Å². The van der Waals surface area contributed by atoms with Crippen molar-refractivity contribution >= 4 is 11.7 Å². The number of fused-ring (bicyclic) bond motifs is 1. The molecule has 0 saturated heterocycles. The summed E-state index contributed by atoms with van der Waals surface area (Å²) in [5, 5.41) is 13.2. The van der Waals surface area contributed by atoms with Crippen LogP contribution in [0.2, 0.25) is 0 Å². The third kappa shape index (κ3) is 2.67. The fourth-order valence-electron chi connectivity index (χ4n) is 2.14. The van der Waals surface area contributed by atoms with Crippen LogP contribution < -0.4 is 20.1 Å². The van der Waals surface area contributed by atoms with E-state index in [1.54, 1.807) is 18.2 Å². The van der Waals surface area contributed by atoms with Crippen LogP contribution in [0, 0.1) is 0 Å². The number of nitrogens with one attached hydrogen (secondary N) is 2. The summed E-state index contributed by atoms with van der Waals surface area (Å²) in [7, 11) is 0. The second-order valence-electron chi connectivity index (χ2n) is 5.18. The molecule has 0 spiro atoms. The lowest BCUT2D eigenvalue weighted by atomic mass is 10.3. The Labute approximate surface area is 125 Å². The lowest BCUT2D eigenvalue weighted by Gasteiger charge is -2.06. The average molecular weight is 302 g/mol. The lowest BCUT2D eigenvalue weighted by molar-refractivity contribution is 0.174. The number of hydrogen-bond donors (Lipinski definition) is 2. The average Bonchev–Trinajstić information content (AvgIpc) is 3.08. The molecular formula is C14H14N4O4. The van der Waals surface area contributed by atoms with Crippen molar-refractivity contribution in [2.45, 2.75) is 25.3 Å². The predicted octanol–water partition coefficient (Wildman–Crippen LogP) is 2.00. The SMILES string of the molecule is O=C(NCc1nnc(C2CC2)o1)Nc1ccc2c(c1)OCO2. The van der Waals surface area contributed by atoms with Gasteiger partial charge in [-0.3, -0.25) is 0 Å². The molecule has 22 heavy (non-hydrogen) atoms. The Morgan fingerprint density at radius 1 is 1.23 bits per heavy atom. The van der Waals surface area contributed by atoms with Gasteiger partial charge in [-0.2, -0.15) is 0 Å². The standard InChI is InChI=1S/C14H14N4O4/c19-14(15-6-12-17-18-13(22-12)8-1-2-8)16-9-3-4-10-11(5-9)21-7-20-10/h3-5,8H,1-2,6-7H2,(H2,15,16,19). The smallest absolute Gasteiger partial charge is 0.319 e. The number of benzene rings is 1. The molecule has 8 heteroatoms. The molecule has 0 radical (unpaired) electrons. The number of nitrogens with zero attached hydrogens (tertiary/aromatic N) is 2. The van der Waals surface area contributed by atoms with Gasteiger partial charge in [0.05, 0.1) is 6.54 Å². The highest BCUT2D eigenvalue weighted by Crippen LogP contribution is 2.39. The highest BCUT2D eigenvalue weighted by Gasteiger charge is 2.29. The van der Waals surface area contributed by atoms with E-state index in [0.29, 0.717) is 34.9 Å². The van der Waals surface area contributed by atoms with Gasteiger partial charge in [0.15, 0.2) is 11.5 Å². The maximum Gasteiger partial charge on any atom is 0.319 e. The molecule has 0 unspecified atom stereocenters. The number of carbonyl (C=O) groups is 1. The van der Waals surface area contributed by atoms with Crippen molar-refractivity contribution in [1.29, 1.82) is 0 Å². The first-order valence-electron chi connectivity index (χ1n) is 7.05. The quantitative estimate of drug-likeness (QED) is 0.896. The van der Waals surface area contributed by atoms with Crippen molar-refractivity contribution in [1.82, 2.24) is 15.5 Å². The van der Waals surface area contributed by atoms with Crippen molar-refractivity contribution in [2.75, 3.05) is 12.1 Å². The second-order valence-corrected chi connectivity index (χ2v) is 5.18. The lowest BCUT2D eigenvalue weighted by Crippen LogP contribution is -2.28. The molecular weight excluding hydrogens is 288 g/mol. The molecule has 1 aliphatic heterocycles. The van der Waals surface area contributed by atoms with Gasteiger partial charge in [-0.05, 0) is 25.0 Å². The minimum atomic E-state index is -0.356. The fraction of sp³-hybridized carbons (Fsp3) is 0.357. The highest BCUT2D eigenvalue weighted by molar-refractivity contribution is 5.89. The molecule has 1 aromatic heterocycles. The van der Waals surface area contributed by atoms with E-state index in [4.69, 9.17) is 13.9 Å². The van der Waals surface area contributed by atoms with Crippen LogP contribution in [0.15, 0.2) is 22.6 Å². The van der Waals surface area contributed by atoms with Gasteiger partial charge < -0.3 is 24.5 Å². The van der Waals surface area contributed by atoms with Gasteiger partial charge in [-0.25, -0.2) is 4.79 Å². The van der Waals surface area contributed by atoms with E-state index in [0.717, 1.165) is 12.8 Å². The molecule has 0 atom stereocenters. The molecule has 1 aromatic carbocycles. The first-order chi connectivity index (χ1) is 10.8. The Bertz CT molecular complexity index is 711. The number of rotatable bonds is 4. The summed E-state index contributed by atoms with van der Waals surface area (Å²) in [6.45, 7) is 0.390. The van der Waals surface area contributed by atoms with Crippen molar-refractivity contribution in [3.8, 4) is 11.5 Å².